The van der Waals surface area contributed by atoms with E-state index in [1.165, 1.54) is 0 Å². The average molecular weight is 399 g/mol. The standard InChI is InChI=1S/C20H23ClN4OSi/c1-27(2,3)9-8-26-13-25-11-16(15-5-7-19(21)24-20(15)25)14-4-6-17-18(10-14)23-12-22-17/h4-7,10-12H,8-9,13H2,1-3H3,(H,22,23). The fraction of sp³-hybridized carbons (Fsp3) is 0.300. The van der Waals surface area contributed by atoms with Gasteiger partial charge in [-0.3, -0.25) is 0 Å². The predicted molar refractivity (Wildman–Crippen MR) is 114 cm³/mol. The number of ether oxygens (including phenoxy) is 1. The Labute approximate surface area is 164 Å². The fourth-order valence-corrected chi connectivity index (χ4v) is 4.01. The van der Waals surface area contributed by atoms with Gasteiger partial charge in [-0.1, -0.05) is 37.3 Å². The first-order valence-corrected chi connectivity index (χ1v) is 13.2. The third kappa shape index (κ3) is 3.93. The van der Waals surface area contributed by atoms with Gasteiger partial charge in [0.1, 0.15) is 17.5 Å². The number of imidazole rings is 1. The minimum absolute atomic E-state index is 0.471. The van der Waals surface area contributed by atoms with Gasteiger partial charge in [0.05, 0.1) is 17.4 Å². The molecule has 7 heteroatoms. The molecule has 3 aromatic heterocycles. The van der Waals surface area contributed by atoms with Gasteiger partial charge in [-0.05, 0) is 35.9 Å². The molecule has 0 saturated carbocycles. The van der Waals surface area contributed by atoms with E-state index in [9.17, 15) is 0 Å². The number of H-pyrrole nitrogens is 1. The number of nitrogens with one attached hydrogen (secondary N) is 1. The van der Waals surface area contributed by atoms with Crippen LogP contribution < -0.4 is 0 Å². The van der Waals surface area contributed by atoms with Crippen LogP contribution >= 0.6 is 11.6 Å². The van der Waals surface area contributed by atoms with Crippen molar-refractivity contribution in [3.8, 4) is 11.1 Å². The Morgan fingerprint density at radius 3 is 2.85 bits per heavy atom. The summed E-state index contributed by atoms with van der Waals surface area (Å²) in [4.78, 5) is 12.0. The van der Waals surface area contributed by atoms with E-state index in [2.05, 4.69) is 59.0 Å². The van der Waals surface area contributed by atoms with Gasteiger partial charge < -0.3 is 14.3 Å². The first-order valence-electron chi connectivity index (χ1n) is 9.07. The second-order valence-corrected chi connectivity index (χ2v) is 14.0. The van der Waals surface area contributed by atoms with E-state index in [0.717, 1.165) is 45.8 Å². The van der Waals surface area contributed by atoms with Crippen molar-refractivity contribution in [2.45, 2.75) is 32.4 Å². The Morgan fingerprint density at radius 1 is 1.19 bits per heavy atom. The lowest BCUT2D eigenvalue weighted by atomic mass is 10.1. The number of pyridine rings is 1. The highest BCUT2D eigenvalue weighted by molar-refractivity contribution is 6.76. The van der Waals surface area contributed by atoms with Crippen LogP contribution in [0.15, 0.2) is 42.9 Å². The van der Waals surface area contributed by atoms with Crippen LogP contribution in [0, 0.1) is 0 Å². The number of rotatable bonds is 6. The highest BCUT2D eigenvalue weighted by Gasteiger charge is 2.15. The topological polar surface area (TPSA) is 55.7 Å². The average Bonchev–Trinajstić information content (AvgIpc) is 3.21. The van der Waals surface area contributed by atoms with Crippen LogP contribution in [0.2, 0.25) is 30.8 Å². The highest BCUT2D eigenvalue weighted by atomic mass is 35.5. The van der Waals surface area contributed by atoms with Crippen LogP contribution in [0.5, 0.6) is 0 Å². The lowest BCUT2D eigenvalue weighted by molar-refractivity contribution is 0.0899. The summed E-state index contributed by atoms with van der Waals surface area (Å²) in [5.74, 6) is 0. The molecule has 0 aliphatic rings. The molecule has 0 unspecified atom stereocenters. The number of benzene rings is 1. The maximum Gasteiger partial charge on any atom is 0.144 e. The van der Waals surface area contributed by atoms with E-state index in [1.807, 2.05) is 16.7 Å². The Balaban J connectivity index is 1.68. The lowest BCUT2D eigenvalue weighted by Crippen LogP contribution is -2.22. The van der Waals surface area contributed by atoms with Gasteiger partial charge >= 0.3 is 0 Å². The third-order valence-corrected chi connectivity index (χ3v) is 6.56. The van der Waals surface area contributed by atoms with Crippen LogP contribution in [-0.4, -0.2) is 34.2 Å². The second-order valence-electron chi connectivity index (χ2n) is 8.00. The number of fused-ring (bicyclic) bond motifs is 2. The van der Waals surface area contributed by atoms with Gasteiger partial charge in [-0.25, -0.2) is 9.97 Å². The van der Waals surface area contributed by atoms with E-state index in [0.29, 0.717) is 11.9 Å². The molecule has 0 fully saturated rings. The summed E-state index contributed by atoms with van der Waals surface area (Å²) in [5, 5.41) is 1.54. The Morgan fingerprint density at radius 2 is 2.04 bits per heavy atom. The van der Waals surface area contributed by atoms with Crippen LogP contribution in [0.25, 0.3) is 33.2 Å². The molecule has 0 spiro atoms. The quantitative estimate of drug-likeness (QED) is 0.263. The third-order valence-electron chi connectivity index (χ3n) is 4.65. The molecule has 27 heavy (non-hydrogen) atoms. The summed E-state index contributed by atoms with van der Waals surface area (Å²) in [6, 6.07) is 11.2. The zero-order chi connectivity index (χ0) is 19.0. The van der Waals surface area contributed by atoms with Crippen molar-refractivity contribution in [2.24, 2.45) is 0 Å². The molecule has 1 aromatic carbocycles. The molecule has 4 aromatic rings. The van der Waals surface area contributed by atoms with Crippen molar-refractivity contribution in [3.05, 3.63) is 48.0 Å². The molecule has 5 nitrogen and oxygen atoms in total. The SMILES string of the molecule is C[Si](C)(C)CCOCn1cc(-c2ccc3[nH]cnc3c2)c2ccc(Cl)nc21. The van der Waals surface area contributed by atoms with Crippen molar-refractivity contribution in [2.75, 3.05) is 6.61 Å². The van der Waals surface area contributed by atoms with Gasteiger partial charge in [0, 0.05) is 31.8 Å². The van der Waals surface area contributed by atoms with Gasteiger partial charge in [-0.15, -0.1) is 0 Å². The number of halogens is 1. The lowest BCUT2D eigenvalue weighted by Gasteiger charge is -2.15. The number of aromatic nitrogens is 4. The number of hydrogen-bond donors (Lipinski definition) is 1. The first kappa shape index (κ1) is 18.2. The van der Waals surface area contributed by atoms with Crippen molar-refractivity contribution in [1.29, 1.82) is 0 Å². The summed E-state index contributed by atoms with van der Waals surface area (Å²) in [6.07, 6.45) is 3.81. The van der Waals surface area contributed by atoms with Gasteiger partial charge in [0.2, 0.25) is 0 Å². The second kappa shape index (κ2) is 7.11. The maximum absolute atomic E-state index is 6.16. The van der Waals surface area contributed by atoms with Crippen LogP contribution in [-0.2, 0) is 11.5 Å². The molecule has 0 aliphatic heterocycles. The van der Waals surface area contributed by atoms with E-state index >= 15 is 0 Å². The largest absolute Gasteiger partial charge is 0.361 e. The zero-order valence-electron chi connectivity index (χ0n) is 15.8. The van der Waals surface area contributed by atoms with Crippen molar-refractivity contribution < 1.29 is 4.74 Å². The molecular weight excluding hydrogens is 376 g/mol. The van der Waals surface area contributed by atoms with Crippen molar-refractivity contribution in [3.63, 3.8) is 0 Å². The van der Waals surface area contributed by atoms with E-state index in [4.69, 9.17) is 16.3 Å². The van der Waals surface area contributed by atoms with E-state index in [-0.39, 0.29) is 0 Å². The molecule has 0 bridgehead atoms. The first-order chi connectivity index (χ1) is 12.9. The highest BCUT2D eigenvalue weighted by Crippen LogP contribution is 2.32. The van der Waals surface area contributed by atoms with Crippen LogP contribution in [0.3, 0.4) is 0 Å². The smallest absolute Gasteiger partial charge is 0.144 e. The fourth-order valence-electron chi connectivity index (χ4n) is 3.11. The Kier molecular flexibility index (Phi) is 4.80. The molecule has 0 atom stereocenters. The van der Waals surface area contributed by atoms with E-state index < -0.39 is 8.07 Å². The van der Waals surface area contributed by atoms with Gasteiger partial charge in [-0.2, -0.15) is 0 Å². The molecule has 0 radical (unpaired) electrons. The number of nitrogens with zero attached hydrogens (tertiary/aromatic N) is 3. The minimum atomic E-state index is -1.11. The molecule has 0 amide bonds. The normalized spacial score (nSPS) is 12.3. The molecule has 140 valence electrons. The Bertz CT molecular complexity index is 1100. The summed E-state index contributed by atoms with van der Waals surface area (Å²) in [6.45, 7) is 8.30. The van der Waals surface area contributed by atoms with Gasteiger partial charge in [0.25, 0.3) is 0 Å². The van der Waals surface area contributed by atoms with Crippen molar-refractivity contribution in [1.82, 2.24) is 19.5 Å². The zero-order valence-corrected chi connectivity index (χ0v) is 17.5. The summed E-state index contributed by atoms with van der Waals surface area (Å²) >= 11 is 6.16. The number of aromatic amines is 1. The molecule has 3 heterocycles. The summed E-state index contributed by atoms with van der Waals surface area (Å²) in [7, 11) is -1.11. The summed E-state index contributed by atoms with van der Waals surface area (Å²) < 4.78 is 7.99. The minimum Gasteiger partial charge on any atom is -0.361 e. The molecular formula is C20H23ClN4OSi. The Hall–Kier alpha value is -2.15. The monoisotopic (exact) mass is 398 g/mol. The van der Waals surface area contributed by atoms with Crippen molar-refractivity contribution >= 4 is 41.7 Å². The van der Waals surface area contributed by atoms with Crippen LogP contribution in [0.1, 0.15) is 0 Å². The molecule has 0 aliphatic carbocycles. The number of hydrogen-bond acceptors (Lipinski definition) is 3. The predicted octanol–water partition coefficient (Wildman–Crippen LogP) is 5.55. The summed E-state index contributed by atoms with van der Waals surface area (Å²) in [5.41, 5.74) is 5.02. The van der Waals surface area contributed by atoms with Gasteiger partial charge in [0.15, 0.2) is 0 Å². The van der Waals surface area contributed by atoms with E-state index in [1.54, 1.807) is 6.33 Å². The molecule has 4 rings (SSSR count). The molecule has 1 N–H and O–H groups in total. The molecule has 0 saturated heterocycles. The van der Waals surface area contributed by atoms with Crippen LogP contribution in [0.4, 0.5) is 0 Å². The maximum atomic E-state index is 6.16.